The van der Waals surface area contributed by atoms with Crippen molar-refractivity contribution in [3.8, 4) is 0 Å². The first-order valence-corrected chi connectivity index (χ1v) is 8.46. The van der Waals surface area contributed by atoms with E-state index in [2.05, 4.69) is 5.32 Å². The molecule has 1 heterocycles. The number of halogens is 1. The zero-order valence-corrected chi connectivity index (χ0v) is 14.4. The van der Waals surface area contributed by atoms with Crippen LogP contribution in [0.5, 0.6) is 0 Å². The van der Waals surface area contributed by atoms with Gasteiger partial charge in [-0.05, 0) is 35.7 Å². The summed E-state index contributed by atoms with van der Waals surface area (Å²) in [5.74, 6) is -0.211. The zero-order chi connectivity index (χ0) is 18.0. The van der Waals surface area contributed by atoms with Crippen molar-refractivity contribution in [1.82, 2.24) is 10.2 Å². The largest absolute Gasteiger partial charge is 0.392 e. The first-order chi connectivity index (χ1) is 12.0. The lowest BCUT2D eigenvalue weighted by atomic mass is 9.98. The van der Waals surface area contributed by atoms with Crippen LogP contribution in [0.2, 0.25) is 0 Å². The number of rotatable bonds is 5. The number of nitrogens with zero attached hydrogens (tertiary/aromatic N) is 1. The maximum atomic E-state index is 13.2. The predicted molar refractivity (Wildman–Crippen MR) is 94.2 cm³/mol. The van der Waals surface area contributed by atoms with Gasteiger partial charge in [0.2, 0.25) is 5.91 Å². The van der Waals surface area contributed by atoms with E-state index in [0.29, 0.717) is 6.42 Å². The molecule has 1 aliphatic rings. The van der Waals surface area contributed by atoms with E-state index in [0.717, 1.165) is 16.7 Å². The molecule has 2 aromatic carbocycles. The second-order valence-electron chi connectivity index (χ2n) is 6.60. The van der Waals surface area contributed by atoms with Crippen LogP contribution in [0.15, 0.2) is 48.5 Å². The molecule has 4 nitrogen and oxygen atoms in total. The normalized spacial score (nSPS) is 21.6. The first kappa shape index (κ1) is 17.6. The van der Waals surface area contributed by atoms with Crippen LogP contribution in [-0.2, 0) is 11.4 Å². The van der Waals surface area contributed by atoms with Gasteiger partial charge in [0.25, 0.3) is 0 Å². The summed E-state index contributed by atoms with van der Waals surface area (Å²) >= 11 is 0. The molecule has 0 aromatic heterocycles. The van der Waals surface area contributed by atoms with Crippen molar-refractivity contribution in [3.05, 3.63) is 71.0 Å². The van der Waals surface area contributed by atoms with Crippen molar-refractivity contribution in [3.63, 3.8) is 0 Å². The number of likely N-dealkylation sites (tertiary alicyclic amines) is 1. The molecule has 0 saturated carbocycles. The molecule has 5 heteroatoms. The summed E-state index contributed by atoms with van der Waals surface area (Å²) in [5.41, 5.74) is 2.84. The maximum Gasteiger partial charge on any atom is 0.224 e. The molecule has 1 aliphatic heterocycles. The third kappa shape index (κ3) is 3.72. The van der Waals surface area contributed by atoms with Gasteiger partial charge in [0.1, 0.15) is 5.82 Å². The summed E-state index contributed by atoms with van der Waals surface area (Å²) in [6.07, 6.45) is 0.405. The van der Waals surface area contributed by atoms with Gasteiger partial charge in [0.15, 0.2) is 0 Å². The molecule has 3 rings (SSSR count). The van der Waals surface area contributed by atoms with Gasteiger partial charge in [-0.25, -0.2) is 4.39 Å². The SMILES string of the molecule is C[C@H](N[C@H]1CC(=O)N(C)[C@@H]1c1ccc(F)cc1)c1cccc(CO)c1. The van der Waals surface area contributed by atoms with Crippen LogP contribution in [-0.4, -0.2) is 29.0 Å². The van der Waals surface area contributed by atoms with Crippen LogP contribution in [0.1, 0.15) is 42.1 Å². The summed E-state index contributed by atoms with van der Waals surface area (Å²) in [6, 6.07) is 13.9. The number of benzene rings is 2. The molecule has 0 radical (unpaired) electrons. The molecule has 0 aliphatic carbocycles. The van der Waals surface area contributed by atoms with Gasteiger partial charge in [-0.3, -0.25) is 4.79 Å². The highest BCUT2D eigenvalue weighted by Gasteiger charge is 2.39. The Kier molecular flexibility index (Phi) is 5.16. The second kappa shape index (κ2) is 7.33. The van der Waals surface area contributed by atoms with Gasteiger partial charge in [-0.2, -0.15) is 0 Å². The van der Waals surface area contributed by atoms with Crippen molar-refractivity contribution in [2.75, 3.05) is 7.05 Å². The quantitative estimate of drug-likeness (QED) is 0.878. The third-order valence-corrected chi connectivity index (χ3v) is 4.90. The number of aliphatic hydroxyl groups excluding tert-OH is 1. The van der Waals surface area contributed by atoms with Crippen molar-refractivity contribution in [1.29, 1.82) is 0 Å². The Labute approximate surface area is 147 Å². The van der Waals surface area contributed by atoms with Crippen LogP contribution in [0.3, 0.4) is 0 Å². The molecule has 2 N–H and O–H groups in total. The predicted octanol–water partition coefficient (Wildman–Crippen LogP) is 2.94. The molecule has 1 amide bonds. The Morgan fingerprint density at radius 1 is 1.28 bits per heavy atom. The summed E-state index contributed by atoms with van der Waals surface area (Å²) in [7, 11) is 1.79. The van der Waals surface area contributed by atoms with E-state index >= 15 is 0 Å². The van der Waals surface area contributed by atoms with Crippen molar-refractivity contribution >= 4 is 5.91 Å². The van der Waals surface area contributed by atoms with Gasteiger partial charge < -0.3 is 15.3 Å². The van der Waals surface area contributed by atoms with Crippen LogP contribution >= 0.6 is 0 Å². The smallest absolute Gasteiger partial charge is 0.224 e. The Hall–Kier alpha value is -2.24. The minimum Gasteiger partial charge on any atom is -0.392 e. The average Bonchev–Trinajstić information content (AvgIpc) is 2.89. The van der Waals surface area contributed by atoms with E-state index in [1.54, 1.807) is 24.1 Å². The topological polar surface area (TPSA) is 52.6 Å². The number of nitrogens with one attached hydrogen (secondary N) is 1. The average molecular weight is 342 g/mol. The Balaban J connectivity index is 1.81. The zero-order valence-electron chi connectivity index (χ0n) is 14.4. The minimum absolute atomic E-state index is 0.00339. The molecule has 1 saturated heterocycles. The summed E-state index contributed by atoms with van der Waals surface area (Å²) in [5, 5.41) is 12.8. The molecule has 1 fully saturated rings. The summed E-state index contributed by atoms with van der Waals surface area (Å²) in [4.78, 5) is 14.0. The lowest BCUT2D eigenvalue weighted by Gasteiger charge is -2.28. The highest BCUT2D eigenvalue weighted by Crippen LogP contribution is 2.33. The number of aliphatic hydroxyl groups is 1. The molecule has 2 aromatic rings. The lowest BCUT2D eigenvalue weighted by Crippen LogP contribution is -2.36. The van der Waals surface area contributed by atoms with Crippen LogP contribution in [0.4, 0.5) is 4.39 Å². The van der Waals surface area contributed by atoms with Gasteiger partial charge >= 0.3 is 0 Å². The molecule has 0 spiro atoms. The number of hydrogen-bond acceptors (Lipinski definition) is 3. The summed E-state index contributed by atoms with van der Waals surface area (Å²) in [6.45, 7) is 2.05. The van der Waals surface area contributed by atoms with Crippen molar-refractivity contribution in [2.45, 2.75) is 38.1 Å². The number of hydrogen-bond donors (Lipinski definition) is 2. The standard InChI is InChI=1S/C20H23FN2O2/c1-13(16-5-3-4-14(10-16)12-24)22-18-11-19(25)23(2)20(18)15-6-8-17(21)9-7-15/h3-10,13,18,20,22,24H,11-12H2,1-2H3/t13-,18-,20+/m0/s1. The Morgan fingerprint density at radius 2 is 2.00 bits per heavy atom. The molecular weight excluding hydrogens is 319 g/mol. The minimum atomic E-state index is -0.283. The monoisotopic (exact) mass is 342 g/mol. The van der Waals surface area contributed by atoms with E-state index in [1.807, 2.05) is 31.2 Å². The van der Waals surface area contributed by atoms with E-state index in [9.17, 15) is 14.3 Å². The molecule has 0 bridgehead atoms. The number of likely N-dealkylation sites (N-methyl/N-ethyl adjacent to an activating group) is 1. The van der Waals surface area contributed by atoms with Gasteiger partial charge in [0, 0.05) is 25.6 Å². The Bertz CT molecular complexity index is 748. The van der Waals surface area contributed by atoms with Gasteiger partial charge in [0.05, 0.1) is 12.6 Å². The summed E-state index contributed by atoms with van der Waals surface area (Å²) < 4.78 is 13.2. The maximum absolute atomic E-state index is 13.2. The Morgan fingerprint density at radius 3 is 2.68 bits per heavy atom. The van der Waals surface area contributed by atoms with Gasteiger partial charge in [-0.15, -0.1) is 0 Å². The van der Waals surface area contributed by atoms with Crippen LogP contribution in [0, 0.1) is 5.82 Å². The van der Waals surface area contributed by atoms with Gasteiger partial charge in [-0.1, -0.05) is 36.4 Å². The van der Waals surface area contributed by atoms with E-state index in [-0.39, 0.29) is 36.5 Å². The number of amides is 1. The molecule has 3 atom stereocenters. The van der Waals surface area contributed by atoms with Crippen molar-refractivity contribution in [2.24, 2.45) is 0 Å². The molecule has 0 unspecified atom stereocenters. The molecule has 132 valence electrons. The number of carbonyl (C=O) groups is 1. The second-order valence-corrected chi connectivity index (χ2v) is 6.60. The lowest BCUT2D eigenvalue weighted by molar-refractivity contribution is -0.127. The fourth-order valence-electron chi connectivity index (χ4n) is 3.51. The first-order valence-electron chi connectivity index (χ1n) is 8.46. The highest BCUT2D eigenvalue weighted by atomic mass is 19.1. The number of carbonyl (C=O) groups excluding carboxylic acids is 1. The van der Waals surface area contributed by atoms with E-state index in [4.69, 9.17) is 0 Å². The van der Waals surface area contributed by atoms with E-state index in [1.165, 1.54) is 12.1 Å². The molecular formula is C20H23FN2O2. The molecule has 25 heavy (non-hydrogen) atoms. The van der Waals surface area contributed by atoms with Crippen molar-refractivity contribution < 1.29 is 14.3 Å². The van der Waals surface area contributed by atoms with Crippen LogP contribution < -0.4 is 5.32 Å². The fourth-order valence-corrected chi connectivity index (χ4v) is 3.51. The van der Waals surface area contributed by atoms with Crippen LogP contribution in [0.25, 0.3) is 0 Å². The fraction of sp³-hybridized carbons (Fsp3) is 0.350. The van der Waals surface area contributed by atoms with E-state index < -0.39 is 0 Å². The third-order valence-electron chi connectivity index (χ3n) is 4.90. The highest BCUT2D eigenvalue weighted by molar-refractivity contribution is 5.80.